The largest absolute Gasteiger partial charge is 0.464 e. The summed E-state index contributed by atoms with van der Waals surface area (Å²) in [6.07, 6.45) is 9.67. The lowest BCUT2D eigenvalue weighted by atomic mass is 10.0. The fourth-order valence-corrected chi connectivity index (χ4v) is 7.34. The number of ether oxygens (including phenoxy) is 2. The maximum atomic E-state index is 15.7. The summed E-state index contributed by atoms with van der Waals surface area (Å²) in [5.74, 6) is -1.51. The lowest BCUT2D eigenvalue weighted by Gasteiger charge is -2.22. The molecule has 1 atom stereocenters. The van der Waals surface area contributed by atoms with Crippen LogP contribution in [0.5, 0.6) is 0 Å². The summed E-state index contributed by atoms with van der Waals surface area (Å²) < 4.78 is 44.3. The number of esters is 1. The highest BCUT2D eigenvalue weighted by Gasteiger charge is 2.31. The van der Waals surface area contributed by atoms with E-state index in [-0.39, 0.29) is 47.1 Å². The molecule has 1 aliphatic heterocycles. The van der Waals surface area contributed by atoms with Crippen molar-refractivity contribution in [2.75, 3.05) is 30.8 Å². The SMILES string of the molecule is COC(=O)c1ccc2cnc(Nc3ccc(-n4cc(-c5cc(C(=O)N6CCC(NC(=O)OC(C)(C)C)C6)nc6cc(Nc7ccc(-n8cccn8)cc7F)ncc56)cn4)cc3F)cc2n1. The van der Waals surface area contributed by atoms with E-state index in [9.17, 15) is 14.4 Å². The molecule has 1 unspecified atom stereocenters. The Balaban J connectivity index is 1.00. The van der Waals surface area contributed by atoms with Gasteiger partial charge in [0.2, 0.25) is 0 Å². The average molecular weight is 879 g/mol. The van der Waals surface area contributed by atoms with Gasteiger partial charge in [-0.15, -0.1) is 0 Å². The second-order valence-electron chi connectivity index (χ2n) is 16.2. The van der Waals surface area contributed by atoms with Gasteiger partial charge in [-0.3, -0.25) is 4.79 Å². The number of alkyl carbamates (subject to hydrolysis) is 1. The molecular weight excluding hydrogens is 839 g/mol. The predicted molar refractivity (Wildman–Crippen MR) is 237 cm³/mol. The molecule has 2 aromatic carbocycles. The summed E-state index contributed by atoms with van der Waals surface area (Å²) in [4.78, 5) is 58.3. The normalized spacial score (nSPS) is 13.8. The van der Waals surface area contributed by atoms with E-state index in [2.05, 4.69) is 41.1 Å². The number of amides is 2. The Morgan fingerprint density at radius 1 is 0.785 bits per heavy atom. The van der Waals surface area contributed by atoms with Gasteiger partial charge in [-0.05, 0) is 81.3 Å². The van der Waals surface area contributed by atoms with Crippen molar-refractivity contribution in [2.45, 2.75) is 38.8 Å². The summed E-state index contributed by atoms with van der Waals surface area (Å²) in [5.41, 5.74) is 2.77. The molecule has 2 amide bonds. The predicted octanol–water partition coefficient (Wildman–Crippen LogP) is 7.90. The van der Waals surface area contributed by atoms with Crippen molar-refractivity contribution in [1.29, 1.82) is 0 Å². The number of nitrogens with zero attached hydrogens (tertiary/aromatic N) is 9. The Morgan fingerprint density at radius 3 is 2.15 bits per heavy atom. The number of halogens is 2. The first kappa shape index (κ1) is 42.0. The number of nitrogens with one attached hydrogen (secondary N) is 3. The molecule has 328 valence electrons. The first-order valence-electron chi connectivity index (χ1n) is 20.4. The summed E-state index contributed by atoms with van der Waals surface area (Å²) >= 11 is 0. The smallest absolute Gasteiger partial charge is 0.407 e. The Hall–Kier alpha value is -8.35. The standard InChI is InChI=1S/C46H40F2N12O5/c1-46(2,3)65-45(63)53-28-12-15-58(25-28)43(61)40-18-31(32-23-50-42(20-39(32)55-40)57-35-10-7-29(16-33(35)47)59-14-5-13-51-59)27-22-52-60(24-27)30-8-11-36(34(48)17-30)56-41-19-38-26(21-49-41)6-9-37(54-38)44(62)64-4/h5-11,13-14,16-24,28H,12,15,25H2,1-4H3,(H,49,56)(H,50,57)(H,53,63). The van der Waals surface area contributed by atoms with Crippen LogP contribution in [0.3, 0.4) is 0 Å². The van der Waals surface area contributed by atoms with Crippen LogP contribution in [0.2, 0.25) is 0 Å². The Labute approximate surface area is 369 Å². The van der Waals surface area contributed by atoms with E-state index >= 15 is 8.78 Å². The number of benzene rings is 2. The molecule has 0 spiro atoms. The first-order valence-corrected chi connectivity index (χ1v) is 20.4. The Bertz CT molecular complexity index is 3130. The molecule has 9 rings (SSSR count). The number of anilines is 4. The van der Waals surface area contributed by atoms with Gasteiger partial charge in [0.1, 0.15) is 40.3 Å². The monoisotopic (exact) mass is 878 g/mol. The fraction of sp³-hybridized carbons (Fsp3) is 0.196. The zero-order valence-electron chi connectivity index (χ0n) is 35.4. The van der Waals surface area contributed by atoms with Gasteiger partial charge < -0.3 is 30.3 Å². The topological polar surface area (TPSA) is 196 Å². The van der Waals surface area contributed by atoms with Crippen molar-refractivity contribution >= 4 is 62.8 Å². The number of hydrogen-bond acceptors (Lipinski definition) is 13. The van der Waals surface area contributed by atoms with Crippen LogP contribution in [0, 0.1) is 11.6 Å². The number of hydrogen-bond donors (Lipinski definition) is 3. The van der Waals surface area contributed by atoms with Crippen LogP contribution in [0.1, 0.15) is 48.2 Å². The molecule has 65 heavy (non-hydrogen) atoms. The van der Waals surface area contributed by atoms with Crippen molar-refractivity contribution < 1.29 is 32.6 Å². The van der Waals surface area contributed by atoms with Gasteiger partial charge in [0.05, 0.1) is 53.1 Å². The fourth-order valence-electron chi connectivity index (χ4n) is 7.34. The van der Waals surface area contributed by atoms with E-state index in [1.165, 1.54) is 30.0 Å². The number of methoxy groups -OCH3 is 1. The lowest BCUT2D eigenvalue weighted by molar-refractivity contribution is 0.0501. The van der Waals surface area contributed by atoms with Crippen LogP contribution in [0.15, 0.2) is 110 Å². The van der Waals surface area contributed by atoms with E-state index < -0.39 is 29.3 Å². The van der Waals surface area contributed by atoms with Gasteiger partial charge >= 0.3 is 12.1 Å². The van der Waals surface area contributed by atoms with Gasteiger partial charge in [-0.1, -0.05) is 0 Å². The molecule has 0 saturated carbocycles. The van der Waals surface area contributed by atoms with Gasteiger partial charge in [-0.2, -0.15) is 10.2 Å². The lowest BCUT2D eigenvalue weighted by Crippen LogP contribution is -2.41. The zero-order chi connectivity index (χ0) is 45.4. The minimum absolute atomic E-state index is 0.116. The molecule has 8 aromatic rings. The zero-order valence-corrected chi connectivity index (χ0v) is 35.4. The molecular formula is C46H40F2N12O5. The minimum atomic E-state index is -0.681. The van der Waals surface area contributed by atoms with Crippen LogP contribution in [-0.4, -0.2) is 94.2 Å². The third-order valence-electron chi connectivity index (χ3n) is 10.4. The summed E-state index contributed by atoms with van der Waals surface area (Å²) in [6, 6.07) is 18.7. The molecule has 3 N–H and O–H groups in total. The molecule has 0 radical (unpaired) electrons. The van der Waals surface area contributed by atoms with E-state index in [1.807, 2.05) is 0 Å². The van der Waals surface area contributed by atoms with E-state index in [0.717, 1.165) is 0 Å². The second-order valence-corrected chi connectivity index (χ2v) is 16.2. The van der Waals surface area contributed by atoms with Gasteiger partial charge in [0.15, 0.2) is 0 Å². The molecule has 17 nitrogen and oxygen atoms in total. The highest BCUT2D eigenvalue weighted by Crippen LogP contribution is 2.33. The Morgan fingerprint density at radius 2 is 1.48 bits per heavy atom. The Kier molecular flexibility index (Phi) is 11.0. The maximum absolute atomic E-state index is 15.7. The number of rotatable bonds is 10. The summed E-state index contributed by atoms with van der Waals surface area (Å²) in [6.45, 7) is 5.93. The maximum Gasteiger partial charge on any atom is 0.407 e. The van der Waals surface area contributed by atoms with Gasteiger partial charge in [0, 0.05) is 84.7 Å². The van der Waals surface area contributed by atoms with Crippen LogP contribution in [0.4, 0.5) is 36.6 Å². The third-order valence-corrected chi connectivity index (χ3v) is 10.4. The highest BCUT2D eigenvalue weighted by atomic mass is 19.1. The van der Waals surface area contributed by atoms with Crippen molar-refractivity contribution in [3.8, 4) is 22.5 Å². The van der Waals surface area contributed by atoms with E-state index in [1.54, 1.807) is 122 Å². The number of fused-ring (bicyclic) bond motifs is 2. The second kappa shape index (κ2) is 17.1. The molecule has 1 fully saturated rings. The third kappa shape index (κ3) is 9.10. The highest BCUT2D eigenvalue weighted by molar-refractivity contribution is 6.02. The van der Waals surface area contributed by atoms with E-state index in [4.69, 9.17) is 14.5 Å². The summed E-state index contributed by atoms with van der Waals surface area (Å²) in [7, 11) is 1.27. The first-order chi connectivity index (χ1) is 31.3. The molecule has 19 heteroatoms. The quantitative estimate of drug-likeness (QED) is 0.112. The van der Waals surface area contributed by atoms with Crippen LogP contribution >= 0.6 is 0 Å². The molecule has 7 heterocycles. The van der Waals surface area contributed by atoms with Crippen molar-refractivity contribution in [3.63, 3.8) is 0 Å². The molecule has 0 bridgehead atoms. The molecule has 1 aliphatic rings. The molecule has 6 aromatic heterocycles. The van der Waals surface area contributed by atoms with Gasteiger partial charge in [0.25, 0.3) is 5.91 Å². The van der Waals surface area contributed by atoms with Crippen molar-refractivity contribution in [3.05, 3.63) is 133 Å². The minimum Gasteiger partial charge on any atom is -0.464 e. The number of pyridine rings is 4. The van der Waals surface area contributed by atoms with Crippen molar-refractivity contribution in [2.24, 2.45) is 0 Å². The van der Waals surface area contributed by atoms with Crippen LogP contribution in [0.25, 0.3) is 44.3 Å². The van der Waals surface area contributed by atoms with E-state index in [0.29, 0.717) is 63.1 Å². The number of aromatic nitrogens is 8. The molecule has 1 saturated heterocycles. The number of carbonyl (C=O) groups is 3. The van der Waals surface area contributed by atoms with Crippen molar-refractivity contribution in [1.82, 2.24) is 49.7 Å². The van der Waals surface area contributed by atoms with Crippen LogP contribution in [-0.2, 0) is 9.47 Å². The van der Waals surface area contributed by atoms with Gasteiger partial charge in [-0.25, -0.2) is 47.7 Å². The number of carbonyl (C=O) groups excluding carboxylic acids is 3. The summed E-state index contributed by atoms with van der Waals surface area (Å²) in [5, 5.41) is 18.8. The van der Waals surface area contributed by atoms with Crippen LogP contribution < -0.4 is 16.0 Å². The molecule has 0 aliphatic carbocycles. The number of likely N-dealkylation sites (tertiary alicyclic amines) is 1. The average Bonchev–Trinajstić information content (AvgIpc) is 4.10.